The van der Waals surface area contributed by atoms with E-state index in [0.29, 0.717) is 0 Å². The second-order valence-corrected chi connectivity index (χ2v) is 27.8. The Balaban J connectivity index is 1.04. The minimum absolute atomic E-state index is 0.385. The van der Waals surface area contributed by atoms with Gasteiger partial charge < -0.3 is 18.9 Å². The number of benzene rings is 9. The summed E-state index contributed by atoms with van der Waals surface area (Å²) in [4.78, 5) is 4.95. The predicted octanol–water partition coefficient (Wildman–Crippen LogP) is 14.5. The van der Waals surface area contributed by atoms with Crippen LogP contribution in [0.5, 0.6) is 0 Å². The lowest BCUT2D eigenvalue weighted by molar-refractivity contribution is 0.585. The fraction of sp³-hybridized carbons (Fsp3) is 0.182. The van der Waals surface area contributed by atoms with Gasteiger partial charge in [0, 0.05) is 64.9 Å². The van der Waals surface area contributed by atoms with E-state index in [1.807, 2.05) is 72.8 Å². The smallest absolute Gasteiger partial charge is 0.171 e. The molecular weight excluding hydrogens is 915 g/mol. The van der Waals surface area contributed by atoms with E-state index in [9.17, 15) is 0 Å². The topological polar surface area (TPSA) is 40.6 Å². The normalized spacial score (nSPS) is 20.8. The lowest BCUT2D eigenvalue weighted by Gasteiger charge is -2.47. The molecule has 0 N–H and O–H groups in total. The number of fused-ring (bicyclic) bond motifs is 8. The van der Waals surface area contributed by atoms with E-state index in [4.69, 9.17) is 0 Å². The third-order valence-electron chi connectivity index (χ3n) is 17.2. The number of para-hydroxylation sites is 2. The van der Waals surface area contributed by atoms with Crippen LogP contribution in [0.2, 0.25) is 0 Å². The second-order valence-electron chi connectivity index (χ2n) is 22.4. The summed E-state index contributed by atoms with van der Waals surface area (Å²) in [5, 5.41) is 5.37. The van der Waals surface area contributed by atoms with Gasteiger partial charge in [-0.05, 0) is 105 Å². The summed E-state index contributed by atoms with van der Waals surface area (Å²) in [6.07, 6.45) is 0. The molecule has 0 amide bonds. The fourth-order valence-corrected chi connectivity index (χ4v) is 20.0. The van der Waals surface area contributed by atoms with Gasteiger partial charge in [-0.25, -0.2) is 0 Å². The van der Waals surface area contributed by atoms with Crippen LogP contribution < -0.4 is 41.6 Å². The molecule has 9 aromatic carbocycles. The number of hydrogen-bond donors (Lipinski definition) is 0. The van der Waals surface area contributed by atoms with Crippen molar-refractivity contribution < 1.29 is 9.13 Å². The molecule has 6 heteroatoms. The van der Waals surface area contributed by atoms with Crippen molar-refractivity contribution in [3.05, 3.63) is 251 Å². The minimum Gasteiger partial charge on any atom is -0.310 e. The van der Waals surface area contributed by atoms with Gasteiger partial charge in [-0.1, -0.05) is 201 Å². The van der Waals surface area contributed by atoms with Gasteiger partial charge >= 0.3 is 0 Å². The quantitative estimate of drug-likeness (QED) is 0.165. The van der Waals surface area contributed by atoms with Crippen LogP contribution >= 0.6 is 14.3 Å². The Morgan fingerprint density at radius 2 is 0.583 bits per heavy atom. The highest BCUT2D eigenvalue weighted by Gasteiger charge is 2.49. The molecule has 2 unspecified atom stereocenters. The summed E-state index contributed by atoms with van der Waals surface area (Å²) >= 11 is 0. The molecule has 13 rings (SSSR count). The van der Waals surface area contributed by atoms with Gasteiger partial charge in [0.25, 0.3) is 0 Å². The molecule has 0 aliphatic carbocycles. The highest BCUT2D eigenvalue weighted by atomic mass is 31.2. The molecule has 0 fully saturated rings. The third kappa shape index (κ3) is 5.89. The molecule has 0 saturated heterocycles. The summed E-state index contributed by atoms with van der Waals surface area (Å²) in [5.41, 5.74) is 14.3. The van der Waals surface area contributed by atoms with Gasteiger partial charge in [-0.2, -0.15) is 0 Å². The van der Waals surface area contributed by atoms with Crippen LogP contribution in [0.15, 0.2) is 206 Å². The van der Waals surface area contributed by atoms with Crippen molar-refractivity contribution >= 4 is 80.2 Å². The number of hydrogen-bond acceptors (Lipinski definition) is 4. The van der Waals surface area contributed by atoms with Crippen molar-refractivity contribution in [1.82, 2.24) is 0 Å². The molecule has 354 valence electrons. The molecule has 0 radical (unpaired) electrons. The highest BCUT2D eigenvalue weighted by molar-refractivity contribution is 7.86. The van der Waals surface area contributed by atoms with Crippen molar-refractivity contribution in [3.63, 3.8) is 0 Å². The van der Waals surface area contributed by atoms with E-state index in [-0.39, 0.29) is 10.8 Å². The summed E-state index contributed by atoms with van der Waals surface area (Å²) in [6.45, 7) is 18.6. The van der Waals surface area contributed by atoms with Gasteiger partial charge in [0.05, 0.1) is 22.7 Å². The van der Waals surface area contributed by atoms with Crippen LogP contribution in [0.1, 0.15) is 99.9 Å². The summed E-state index contributed by atoms with van der Waals surface area (Å²) in [6, 6.07) is 73.1. The summed E-state index contributed by atoms with van der Waals surface area (Å²) < 4.78 is 32.1. The van der Waals surface area contributed by atoms with E-state index in [0.717, 1.165) is 88.2 Å². The van der Waals surface area contributed by atoms with Crippen LogP contribution in [0.25, 0.3) is 0 Å². The lowest BCUT2D eigenvalue weighted by atomic mass is 9.68. The van der Waals surface area contributed by atoms with E-state index >= 15 is 9.13 Å². The maximum Gasteiger partial charge on any atom is 0.171 e. The van der Waals surface area contributed by atoms with E-state index in [1.54, 1.807) is 0 Å². The number of nitrogens with zero attached hydrogens (tertiary/aromatic N) is 2. The largest absolute Gasteiger partial charge is 0.310 e. The van der Waals surface area contributed by atoms with Gasteiger partial charge in [-0.15, -0.1) is 0 Å². The van der Waals surface area contributed by atoms with E-state index in [1.165, 1.54) is 22.3 Å². The maximum absolute atomic E-state index is 16.1. The Labute approximate surface area is 424 Å². The molecule has 4 heterocycles. The molecule has 4 aliphatic heterocycles. The average Bonchev–Trinajstić information content (AvgIpc) is 3.40. The van der Waals surface area contributed by atoms with Gasteiger partial charge in [0.1, 0.15) is 0 Å². The number of anilines is 6. The minimum atomic E-state index is -3.23. The highest BCUT2D eigenvalue weighted by Crippen LogP contribution is 2.61. The maximum atomic E-state index is 16.1. The summed E-state index contributed by atoms with van der Waals surface area (Å²) in [5.74, 6) is 0. The molecule has 4 nitrogen and oxygen atoms in total. The Morgan fingerprint density at radius 1 is 0.278 bits per heavy atom. The first-order valence-electron chi connectivity index (χ1n) is 25.3. The first-order chi connectivity index (χ1) is 34.5. The van der Waals surface area contributed by atoms with Crippen molar-refractivity contribution in [3.8, 4) is 0 Å². The first-order valence-corrected chi connectivity index (χ1v) is 28.7. The molecule has 0 bridgehead atoms. The zero-order valence-electron chi connectivity index (χ0n) is 42.2. The molecule has 0 saturated carbocycles. The van der Waals surface area contributed by atoms with Gasteiger partial charge in [0.2, 0.25) is 0 Å². The third-order valence-corrected chi connectivity index (χ3v) is 23.5. The molecule has 4 aliphatic rings. The predicted molar refractivity (Wildman–Crippen MR) is 303 cm³/mol. The van der Waals surface area contributed by atoms with Crippen LogP contribution in [-0.4, -0.2) is 0 Å². The Hall–Kier alpha value is -6.96. The standard InChI is InChI=1S/C66H58N2O2P2/c1-63(2)47-27-15-19-31-55(47)67(43-35-37-61-53(39-43)65(5,6)49-29-17-21-33-59(49)71(61,69)45-23-11-9-12-24-45)57-42-52-58(41-51(57)63)68(56-32-20-16-28-48(56)64(52,3)4)44-36-38-62-54(40-44)66(7,8)50-30-18-22-34-60(50)72(62,70)46-25-13-10-14-26-46/h9-42H,1-8H3. The molecule has 72 heavy (non-hydrogen) atoms. The van der Waals surface area contributed by atoms with Crippen LogP contribution in [0.3, 0.4) is 0 Å². The van der Waals surface area contributed by atoms with Crippen molar-refractivity contribution in [2.75, 3.05) is 9.80 Å². The van der Waals surface area contributed by atoms with E-state index in [2.05, 4.69) is 199 Å². The monoisotopic (exact) mass is 972 g/mol. The van der Waals surface area contributed by atoms with Crippen molar-refractivity contribution in [1.29, 1.82) is 0 Å². The second kappa shape index (κ2) is 15.3. The fourth-order valence-electron chi connectivity index (χ4n) is 13.3. The Kier molecular flexibility index (Phi) is 9.54. The van der Waals surface area contributed by atoms with Crippen molar-refractivity contribution in [2.45, 2.75) is 77.0 Å². The molecule has 9 aromatic rings. The first kappa shape index (κ1) is 44.9. The zero-order valence-corrected chi connectivity index (χ0v) is 44.0. The zero-order chi connectivity index (χ0) is 49.7. The molecule has 2 atom stereocenters. The van der Waals surface area contributed by atoms with Crippen LogP contribution in [0.4, 0.5) is 34.1 Å². The van der Waals surface area contributed by atoms with Gasteiger partial charge in [0.15, 0.2) is 14.3 Å². The molecule has 0 spiro atoms. The Bertz CT molecular complexity index is 3600. The van der Waals surface area contributed by atoms with E-state index < -0.39 is 25.1 Å². The molecular formula is C66H58N2O2P2. The van der Waals surface area contributed by atoms with Gasteiger partial charge in [-0.3, -0.25) is 0 Å². The Morgan fingerprint density at radius 3 is 0.972 bits per heavy atom. The SMILES string of the molecule is CC1(C)c2ccccc2N(c2ccc3c(c2)C(C)(C)c2ccccc2P3(=O)c2ccccc2)c2cc3c(cc21)N(c1ccc2c(c1)C(C)(C)c1ccccc1P2(=O)c1ccccc1)c1ccccc1C3(C)C. The average molecular weight is 973 g/mol. The van der Waals surface area contributed by atoms with Crippen molar-refractivity contribution in [2.24, 2.45) is 0 Å². The number of rotatable bonds is 4. The van der Waals surface area contributed by atoms with Crippen LogP contribution in [0, 0.1) is 0 Å². The van der Waals surface area contributed by atoms with Crippen LogP contribution in [-0.2, 0) is 30.8 Å². The molecule has 0 aromatic heterocycles. The lowest BCUT2D eigenvalue weighted by Crippen LogP contribution is -2.42. The summed E-state index contributed by atoms with van der Waals surface area (Å²) in [7, 11) is -6.47.